The zero-order valence-electron chi connectivity index (χ0n) is 15.5. The summed E-state index contributed by atoms with van der Waals surface area (Å²) in [5, 5.41) is 5.21. The van der Waals surface area contributed by atoms with Crippen molar-refractivity contribution in [2.75, 3.05) is 33.9 Å². The number of hydrogen-bond acceptors (Lipinski definition) is 4. The fourth-order valence-electron chi connectivity index (χ4n) is 3.14. The van der Waals surface area contributed by atoms with E-state index < -0.39 is 0 Å². The van der Waals surface area contributed by atoms with Gasteiger partial charge >= 0.3 is 0 Å². The number of guanidine groups is 1. The summed E-state index contributed by atoms with van der Waals surface area (Å²) in [5.74, 6) is 1.47. The van der Waals surface area contributed by atoms with Crippen molar-refractivity contribution >= 4 is 28.9 Å². The van der Waals surface area contributed by atoms with E-state index >= 15 is 0 Å². The lowest BCUT2D eigenvalue weighted by molar-refractivity contribution is 0.181. The molecule has 1 aliphatic heterocycles. The van der Waals surface area contributed by atoms with Gasteiger partial charge in [0.05, 0.1) is 18.8 Å². The molecule has 1 aromatic heterocycles. The third-order valence-electron chi connectivity index (χ3n) is 4.49. The molecule has 0 saturated carbocycles. The number of rotatable bonds is 5. The molecule has 26 heavy (non-hydrogen) atoms. The number of nitrogens with one attached hydrogen (secondary N) is 1. The van der Waals surface area contributed by atoms with Gasteiger partial charge in [0.15, 0.2) is 5.96 Å². The normalized spacial score (nSPS) is 17.5. The second-order valence-electron chi connectivity index (χ2n) is 6.53. The molecule has 1 unspecified atom stereocenters. The highest BCUT2D eigenvalue weighted by molar-refractivity contribution is 7.12. The van der Waals surface area contributed by atoms with Crippen LogP contribution < -0.4 is 5.32 Å². The van der Waals surface area contributed by atoms with E-state index in [-0.39, 0.29) is 0 Å². The summed E-state index contributed by atoms with van der Waals surface area (Å²) in [5.41, 5.74) is 2.12. The Kier molecular flexibility index (Phi) is 6.51. The van der Waals surface area contributed by atoms with Crippen LogP contribution in [0, 0.1) is 12.8 Å². The summed E-state index contributed by atoms with van der Waals surface area (Å²) in [4.78, 5) is 12.6. The Morgan fingerprint density at radius 2 is 2.19 bits per heavy atom. The minimum atomic E-state index is 0.581. The van der Waals surface area contributed by atoms with Gasteiger partial charge in [0, 0.05) is 48.6 Å². The third kappa shape index (κ3) is 4.75. The van der Waals surface area contributed by atoms with Crippen molar-refractivity contribution in [3.8, 4) is 11.3 Å². The summed E-state index contributed by atoms with van der Waals surface area (Å²) in [6.07, 6.45) is 1.12. The number of aryl methyl sites for hydroxylation is 1. The quantitative estimate of drug-likeness (QED) is 0.620. The smallest absolute Gasteiger partial charge is 0.193 e. The van der Waals surface area contributed by atoms with Gasteiger partial charge in [-0.2, -0.15) is 0 Å². The molecule has 5 nitrogen and oxygen atoms in total. The molecule has 0 bridgehead atoms. The van der Waals surface area contributed by atoms with Crippen molar-refractivity contribution in [3.63, 3.8) is 0 Å². The van der Waals surface area contributed by atoms with E-state index in [2.05, 4.69) is 29.2 Å². The van der Waals surface area contributed by atoms with Gasteiger partial charge < -0.3 is 15.0 Å². The SMILES string of the molecule is CN=C(NCc1nc(-c2ccc(Cl)cc2)c(C)s1)N(C)CC1CCOC1. The topological polar surface area (TPSA) is 49.8 Å². The number of benzene rings is 1. The first-order chi connectivity index (χ1) is 12.6. The molecule has 7 heteroatoms. The fourth-order valence-corrected chi connectivity index (χ4v) is 4.16. The van der Waals surface area contributed by atoms with E-state index in [1.807, 2.05) is 31.3 Å². The maximum Gasteiger partial charge on any atom is 0.193 e. The molecule has 0 radical (unpaired) electrons. The number of thiazole rings is 1. The minimum Gasteiger partial charge on any atom is -0.381 e. The van der Waals surface area contributed by atoms with E-state index in [4.69, 9.17) is 21.3 Å². The zero-order chi connectivity index (χ0) is 18.5. The second kappa shape index (κ2) is 8.84. The first kappa shape index (κ1) is 19.1. The van der Waals surface area contributed by atoms with Crippen LogP contribution in [0.4, 0.5) is 0 Å². The van der Waals surface area contributed by atoms with Gasteiger partial charge in [-0.05, 0) is 25.5 Å². The van der Waals surface area contributed by atoms with Crippen molar-refractivity contribution in [2.45, 2.75) is 19.9 Å². The van der Waals surface area contributed by atoms with Crippen molar-refractivity contribution < 1.29 is 4.74 Å². The summed E-state index contributed by atoms with van der Waals surface area (Å²) in [7, 11) is 3.89. The Bertz CT molecular complexity index is 753. The van der Waals surface area contributed by atoms with Gasteiger partial charge in [0.2, 0.25) is 0 Å². The number of hydrogen-bond donors (Lipinski definition) is 1. The predicted molar refractivity (Wildman–Crippen MR) is 109 cm³/mol. The van der Waals surface area contributed by atoms with Crippen LogP contribution in [0.3, 0.4) is 0 Å². The lowest BCUT2D eigenvalue weighted by Crippen LogP contribution is -2.41. The lowest BCUT2D eigenvalue weighted by atomic mass is 10.1. The first-order valence-electron chi connectivity index (χ1n) is 8.78. The molecule has 1 N–H and O–H groups in total. The minimum absolute atomic E-state index is 0.581. The van der Waals surface area contributed by atoms with Crippen molar-refractivity contribution in [1.82, 2.24) is 15.2 Å². The van der Waals surface area contributed by atoms with Crippen LogP contribution in [0.1, 0.15) is 16.3 Å². The van der Waals surface area contributed by atoms with Gasteiger partial charge in [0.25, 0.3) is 0 Å². The van der Waals surface area contributed by atoms with Crippen LogP contribution in [0.25, 0.3) is 11.3 Å². The van der Waals surface area contributed by atoms with Crippen LogP contribution in [0.5, 0.6) is 0 Å². The molecule has 1 saturated heterocycles. The summed E-state index contributed by atoms with van der Waals surface area (Å²) in [6.45, 7) is 5.43. The third-order valence-corrected chi connectivity index (χ3v) is 5.71. The maximum absolute atomic E-state index is 5.98. The standard InChI is InChI=1S/C19H25ClN4OS/c1-13-18(15-4-6-16(20)7-5-15)23-17(26-13)10-22-19(21-2)24(3)11-14-8-9-25-12-14/h4-7,14H,8-12H2,1-3H3,(H,21,22). The Hall–Kier alpha value is -1.63. The van der Waals surface area contributed by atoms with E-state index in [9.17, 15) is 0 Å². The van der Waals surface area contributed by atoms with Crippen molar-refractivity contribution in [1.29, 1.82) is 0 Å². The molecule has 1 fully saturated rings. The molecule has 0 aliphatic carbocycles. The maximum atomic E-state index is 5.98. The van der Waals surface area contributed by atoms with Gasteiger partial charge in [-0.25, -0.2) is 4.98 Å². The summed E-state index contributed by atoms with van der Waals surface area (Å²) in [6, 6.07) is 7.82. The second-order valence-corrected chi connectivity index (χ2v) is 8.25. The highest BCUT2D eigenvalue weighted by Crippen LogP contribution is 2.28. The van der Waals surface area contributed by atoms with Crippen LogP contribution in [0.15, 0.2) is 29.3 Å². The van der Waals surface area contributed by atoms with Crippen LogP contribution in [-0.2, 0) is 11.3 Å². The molecule has 1 aromatic carbocycles. The molecule has 1 atom stereocenters. The Morgan fingerprint density at radius 3 is 2.85 bits per heavy atom. The first-order valence-corrected chi connectivity index (χ1v) is 9.98. The lowest BCUT2D eigenvalue weighted by Gasteiger charge is -2.24. The van der Waals surface area contributed by atoms with Crippen LogP contribution in [-0.4, -0.2) is 49.7 Å². The van der Waals surface area contributed by atoms with Crippen LogP contribution in [0.2, 0.25) is 5.02 Å². The number of aromatic nitrogens is 1. The Balaban J connectivity index is 1.61. The Morgan fingerprint density at radius 1 is 1.42 bits per heavy atom. The van der Waals surface area contributed by atoms with Gasteiger partial charge in [-0.3, -0.25) is 4.99 Å². The van der Waals surface area contributed by atoms with Crippen molar-refractivity contribution in [2.24, 2.45) is 10.9 Å². The van der Waals surface area contributed by atoms with E-state index in [1.165, 1.54) is 4.88 Å². The highest BCUT2D eigenvalue weighted by Gasteiger charge is 2.19. The molecule has 0 spiro atoms. The molecule has 2 heterocycles. The van der Waals surface area contributed by atoms with E-state index in [0.717, 1.165) is 53.4 Å². The number of aliphatic imine (C=N–C) groups is 1. The molecule has 0 amide bonds. The molecule has 1 aliphatic rings. The fraction of sp³-hybridized carbons (Fsp3) is 0.474. The van der Waals surface area contributed by atoms with Crippen molar-refractivity contribution in [3.05, 3.63) is 39.2 Å². The van der Waals surface area contributed by atoms with Gasteiger partial charge in [-0.1, -0.05) is 23.7 Å². The average Bonchev–Trinajstić information content (AvgIpc) is 3.26. The van der Waals surface area contributed by atoms with Gasteiger partial charge in [0.1, 0.15) is 5.01 Å². The van der Waals surface area contributed by atoms with E-state index in [0.29, 0.717) is 12.5 Å². The number of halogens is 1. The monoisotopic (exact) mass is 392 g/mol. The molecular formula is C19H25ClN4OS. The largest absolute Gasteiger partial charge is 0.381 e. The van der Waals surface area contributed by atoms with Crippen LogP contribution >= 0.6 is 22.9 Å². The highest BCUT2D eigenvalue weighted by atomic mass is 35.5. The molecule has 140 valence electrons. The summed E-state index contributed by atoms with van der Waals surface area (Å²) >= 11 is 7.69. The molecular weight excluding hydrogens is 368 g/mol. The molecule has 2 aromatic rings. The van der Waals surface area contributed by atoms with Gasteiger partial charge in [-0.15, -0.1) is 11.3 Å². The summed E-state index contributed by atoms with van der Waals surface area (Å²) < 4.78 is 5.46. The van der Waals surface area contributed by atoms with E-state index in [1.54, 1.807) is 11.3 Å². The number of ether oxygens (including phenoxy) is 1. The zero-order valence-corrected chi connectivity index (χ0v) is 17.0. The molecule has 3 rings (SSSR count). The predicted octanol–water partition coefficient (Wildman–Crippen LogP) is 3.82. The Labute approximate surface area is 164 Å². The average molecular weight is 393 g/mol. The number of nitrogens with zero attached hydrogens (tertiary/aromatic N) is 3.